The van der Waals surface area contributed by atoms with Crippen LogP contribution in [0, 0.1) is 6.92 Å². The molecular weight excluding hydrogens is 358 g/mol. The molecule has 0 unspecified atom stereocenters. The molecule has 0 spiro atoms. The third-order valence-corrected chi connectivity index (χ3v) is 4.60. The maximum Gasteiger partial charge on any atom is 0.410 e. The molecule has 1 aliphatic rings. The molecule has 0 bridgehead atoms. The average molecular weight is 385 g/mol. The van der Waals surface area contributed by atoms with Gasteiger partial charge < -0.3 is 15.0 Å². The number of nitrogens with zero attached hydrogens (tertiary/aromatic N) is 4. The van der Waals surface area contributed by atoms with Crippen LogP contribution in [-0.2, 0) is 4.74 Å². The monoisotopic (exact) mass is 385 g/mol. The summed E-state index contributed by atoms with van der Waals surface area (Å²) in [5, 5.41) is 7.35. The van der Waals surface area contributed by atoms with E-state index >= 15 is 0 Å². The Hall–Kier alpha value is -2.90. The Balaban J connectivity index is 1.57. The van der Waals surface area contributed by atoms with E-state index in [1.807, 2.05) is 45.9 Å². The Labute approximate surface area is 164 Å². The minimum Gasteiger partial charge on any atom is -0.444 e. The van der Waals surface area contributed by atoms with E-state index in [2.05, 4.69) is 15.4 Å². The van der Waals surface area contributed by atoms with Crippen molar-refractivity contribution in [2.45, 2.75) is 52.2 Å². The van der Waals surface area contributed by atoms with Gasteiger partial charge in [-0.3, -0.25) is 4.79 Å². The average Bonchev–Trinajstić information content (AvgIpc) is 3.03. The molecule has 0 aromatic carbocycles. The Bertz CT molecular complexity index is 833. The zero-order valence-electron chi connectivity index (χ0n) is 16.8. The summed E-state index contributed by atoms with van der Waals surface area (Å²) >= 11 is 0. The van der Waals surface area contributed by atoms with Crippen LogP contribution >= 0.6 is 0 Å². The number of ether oxygens (including phenoxy) is 1. The molecule has 150 valence electrons. The Morgan fingerprint density at radius 3 is 2.54 bits per heavy atom. The van der Waals surface area contributed by atoms with Crippen LogP contribution < -0.4 is 5.32 Å². The zero-order valence-corrected chi connectivity index (χ0v) is 16.8. The predicted octanol–water partition coefficient (Wildman–Crippen LogP) is 2.71. The molecule has 2 aromatic rings. The summed E-state index contributed by atoms with van der Waals surface area (Å²) < 4.78 is 7.06. The molecule has 3 rings (SSSR count). The number of hydrogen-bond acceptors (Lipinski definition) is 5. The van der Waals surface area contributed by atoms with Gasteiger partial charge in [0.1, 0.15) is 5.60 Å². The number of rotatable bonds is 3. The van der Waals surface area contributed by atoms with Crippen molar-refractivity contribution in [2.75, 3.05) is 13.1 Å². The number of aromatic nitrogens is 3. The van der Waals surface area contributed by atoms with Crippen molar-refractivity contribution in [2.24, 2.45) is 0 Å². The fourth-order valence-corrected chi connectivity index (χ4v) is 3.14. The van der Waals surface area contributed by atoms with E-state index in [0.717, 1.165) is 5.69 Å². The minimum absolute atomic E-state index is 0.0174. The highest BCUT2D eigenvalue weighted by Gasteiger charge is 2.28. The maximum atomic E-state index is 12.7. The predicted molar refractivity (Wildman–Crippen MR) is 104 cm³/mol. The second-order valence-corrected chi connectivity index (χ2v) is 7.96. The van der Waals surface area contributed by atoms with Gasteiger partial charge in [0.15, 0.2) is 5.82 Å². The van der Waals surface area contributed by atoms with Crippen molar-refractivity contribution in [1.29, 1.82) is 0 Å². The van der Waals surface area contributed by atoms with Gasteiger partial charge in [0.2, 0.25) is 0 Å². The second kappa shape index (κ2) is 8.00. The van der Waals surface area contributed by atoms with Crippen LogP contribution in [0.1, 0.15) is 49.7 Å². The molecule has 0 saturated carbocycles. The lowest BCUT2D eigenvalue weighted by Crippen LogP contribution is -2.47. The van der Waals surface area contributed by atoms with E-state index in [4.69, 9.17) is 4.74 Å². The number of piperidine rings is 1. The van der Waals surface area contributed by atoms with Crippen molar-refractivity contribution in [1.82, 2.24) is 25.0 Å². The third-order valence-electron chi connectivity index (χ3n) is 4.60. The highest BCUT2D eigenvalue weighted by molar-refractivity contribution is 5.95. The number of likely N-dealkylation sites (tertiary alicyclic amines) is 1. The Morgan fingerprint density at radius 1 is 1.21 bits per heavy atom. The number of carbonyl (C=O) groups excluding carboxylic acids is 2. The van der Waals surface area contributed by atoms with Gasteiger partial charge in [-0.15, -0.1) is 0 Å². The van der Waals surface area contributed by atoms with Crippen LogP contribution in [0.15, 0.2) is 30.6 Å². The second-order valence-electron chi connectivity index (χ2n) is 7.96. The van der Waals surface area contributed by atoms with E-state index in [1.165, 1.54) is 0 Å². The fraction of sp³-hybridized carbons (Fsp3) is 0.500. The number of amides is 2. The summed E-state index contributed by atoms with van der Waals surface area (Å²) in [6.45, 7) is 8.53. The first-order valence-electron chi connectivity index (χ1n) is 9.49. The van der Waals surface area contributed by atoms with Gasteiger partial charge in [-0.25, -0.2) is 14.5 Å². The number of nitrogens with one attached hydrogen (secondary N) is 1. The molecule has 1 fully saturated rings. The van der Waals surface area contributed by atoms with Crippen molar-refractivity contribution in [3.8, 4) is 5.82 Å². The van der Waals surface area contributed by atoms with E-state index in [9.17, 15) is 9.59 Å². The molecule has 2 amide bonds. The summed E-state index contributed by atoms with van der Waals surface area (Å²) in [5.74, 6) is 0.514. The van der Waals surface area contributed by atoms with Gasteiger partial charge in [-0.1, -0.05) is 6.07 Å². The van der Waals surface area contributed by atoms with Crippen molar-refractivity contribution >= 4 is 12.0 Å². The molecule has 8 nitrogen and oxygen atoms in total. The van der Waals surface area contributed by atoms with Crippen molar-refractivity contribution in [3.05, 3.63) is 41.9 Å². The van der Waals surface area contributed by atoms with E-state index in [-0.39, 0.29) is 18.0 Å². The molecule has 1 saturated heterocycles. The minimum atomic E-state index is -0.507. The van der Waals surface area contributed by atoms with Gasteiger partial charge in [0, 0.05) is 25.3 Å². The molecule has 0 aliphatic carbocycles. The summed E-state index contributed by atoms with van der Waals surface area (Å²) in [4.78, 5) is 30.8. The number of hydrogen-bond donors (Lipinski definition) is 1. The molecular formula is C20H27N5O3. The van der Waals surface area contributed by atoms with E-state index in [0.29, 0.717) is 37.3 Å². The topological polar surface area (TPSA) is 89.4 Å². The lowest BCUT2D eigenvalue weighted by atomic mass is 10.0. The summed E-state index contributed by atoms with van der Waals surface area (Å²) in [6.07, 6.45) is 4.34. The van der Waals surface area contributed by atoms with E-state index in [1.54, 1.807) is 22.0 Å². The molecule has 3 heterocycles. The SMILES string of the molecule is Cc1c(C(=O)NC2CCN(C(=O)OC(C)(C)C)CC2)cnn1-c1ccccn1. The largest absolute Gasteiger partial charge is 0.444 e. The first-order chi connectivity index (χ1) is 13.2. The molecule has 28 heavy (non-hydrogen) atoms. The first kappa shape index (κ1) is 19.9. The highest BCUT2D eigenvalue weighted by Crippen LogP contribution is 2.17. The quantitative estimate of drug-likeness (QED) is 0.877. The van der Waals surface area contributed by atoms with Crippen LogP contribution in [0.2, 0.25) is 0 Å². The zero-order chi connectivity index (χ0) is 20.3. The summed E-state index contributed by atoms with van der Waals surface area (Å²) in [6, 6.07) is 5.57. The molecule has 0 atom stereocenters. The molecule has 1 N–H and O–H groups in total. The van der Waals surface area contributed by atoms with Gasteiger partial charge in [-0.2, -0.15) is 5.10 Å². The van der Waals surface area contributed by atoms with Gasteiger partial charge in [0.25, 0.3) is 5.91 Å². The van der Waals surface area contributed by atoms with Crippen LogP contribution in [0.5, 0.6) is 0 Å². The van der Waals surface area contributed by atoms with Crippen LogP contribution in [0.25, 0.3) is 5.82 Å². The molecule has 1 aliphatic heterocycles. The van der Waals surface area contributed by atoms with Crippen LogP contribution in [0.3, 0.4) is 0 Å². The van der Waals surface area contributed by atoms with Gasteiger partial charge in [-0.05, 0) is 52.7 Å². The Kier molecular flexibility index (Phi) is 5.67. The fourth-order valence-electron chi connectivity index (χ4n) is 3.14. The maximum absolute atomic E-state index is 12.7. The Morgan fingerprint density at radius 2 is 1.93 bits per heavy atom. The number of carbonyl (C=O) groups is 2. The standard InChI is InChI=1S/C20H27N5O3/c1-14-16(13-22-25(14)17-7-5-6-10-21-17)18(26)23-15-8-11-24(12-9-15)19(27)28-20(2,3)4/h5-7,10,13,15H,8-9,11-12H2,1-4H3,(H,23,26). The van der Waals surface area contributed by atoms with Crippen molar-refractivity contribution in [3.63, 3.8) is 0 Å². The molecule has 0 radical (unpaired) electrons. The van der Waals surface area contributed by atoms with E-state index < -0.39 is 5.60 Å². The third kappa shape index (κ3) is 4.68. The number of pyridine rings is 1. The van der Waals surface area contributed by atoms with Gasteiger partial charge >= 0.3 is 6.09 Å². The molecule has 2 aromatic heterocycles. The normalized spacial score (nSPS) is 15.4. The van der Waals surface area contributed by atoms with Crippen molar-refractivity contribution < 1.29 is 14.3 Å². The van der Waals surface area contributed by atoms with Gasteiger partial charge in [0.05, 0.1) is 17.5 Å². The highest BCUT2D eigenvalue weighted by atomic mass is 16.6. The molecule has 8 heteroatoms. The van der Waals surface area contributed by atoms with Crippen LogP contribution in [-0.4, -0.2) is 56.4 Å². The lowest BCUT2D eigenvalue weighted by molar-refractivity contribution is 0.0199. The van der Waals surface area contributed by atoms with Crippen LogP contribution in [0.4, 0.5) is 4.79 Å². The smallest absolute Gasteiger partial charge is 0.410 e. The lowest BCUT2D eigenvalue weighted by Gasteiger charge is -2.33. The summed E-state index contributed by atoms with van der Waals surface area (Å²) in [5.41, 5.74) is 0.760. The summed E-state index contributed by atoms with van der Waals surface area (Å²) in [7, 11) is 0. The first-order valence-corrected chi connectivity index (χ1v) is 9.49.